The summed E-state index contributed by atoms with van der Waals surface area (Å²) in [6, 6.07) is 0. The van der Waals surface area contributed by atoms with Crippen LogP contribution in [0.2, 0.25) is 0 Å². The molecule has 0 spiro atoms. The lowest BCUT2D eigenvalue weighted by atomic mass is 9.88. The maximum absolute atomic E-state index is 4.96. The molecule has 1 aromatic heterocycles. The van der Waals surface area contributed by atoms with Crippen LogP contribution >= 0.6 is 12.2 Å². The van der Waals surface area contributed by atoms with Gasteiger partial charge in [-0.3, -0.25) is 10.2 Å². The van der Waals surface area contributed by atoms with Gasteiger partial charge in [-0.15, -0.1) is 0 Å². The molecule has 2 aliphatic carbocycles. The van der Waals surface area contributed by atoms with Crippen molar-refractivity contribution in [2.75, 3.05) is 0 Å². The highest BCUT2D eigenvalue weighted by molar-refractivity contribution is 7.71. The van der Waals surface area contributed by atoms with Gasteiger partial charge in [0, 0.05) is 5.92 Å². The largest absolute Gasteiger partial charge is 0.285 e. The third-order valence-corrected chi connectivity index (χ3v) is 3.80. The maximum atomic E-state index is 4.96. The van der Waals surface area contributed by atoms with Gasteiger partial charge >= 0.3 is 0 Å². The van der Waals surface area contributed by atoms with Crippen molar-refractivity contribution in [1.29, 1.82) is 0 Å². The first-order valence-electron chi connectivity index (χ1n) is 4.97. The highest BCUT2D eigenvalue weighted by atomic mass is 32.1. The fraction of sp³-hybridized carbons (Fsp3) is 0.778. The molecule has 4 heteroatoms. The number of aromatic nitrogens is 3. The SMILES string of the molecule is S=c1nc(C2CC3CCC2C3)[nH][nH]1. The van der Waals surface area contributed by atoms with E-state index < -0.39 is 0 Å². The Hall–Kier alpha value is -0.640. The molecule has 2 saturated carbocycles. The predicted molar refractivity (Wildman–Crippen MR) is 52.0 cm³/mol. The Kier molecular flexibility index (Phi) is 1.59. The van der Waals surface area contributed by atoms with Crippen LogP contribution in [-0.2, 0) is 0 Å². The number of nitrogens with one attached hydrogen (secondary N) is 2. The molecule has 0 saturated heterocycles. The molecule has 2 aliphatic rings. The van der Waals surface area contributed by atoms with Crippen molar-refractivity contribution in [1.82, 2.24) is 15.2 Å². The lowest BCUT2D eigenvalue weighted by Gasteiger charge is -2.18. The molecule has 2 bridgehead atoms. The molecule has 2 N–H and O–H groups in total. The van der Waals surface area contributed by atoms with Gasteiger partial charge in [0.2, 0.25) is 4.77 Å². The van der Waals surface area contributed by atoms with E-state index in [0.29, 0.717) is 10.7 Å². The quantitative estimate of drug-likeness (QED) is 0.676. The van der Waals surface area contributed by atoms with Crippen LogP contribution in [0, 0.1) is 16.6 Å². The summed E-state index contributed by atoms with van der Waals surface area (Å²) in [7, 11) is 0. The van der Waals surface area contributed by atoms with Gasteiger partial charge in [0.15, 0.2) is 0 Å². The highest BCUT2D eigenvalue weighted by Crippen LogP contribution is 2.51. The molecule has 3 nitrogen and oxygen atoms in total. The third-order valence-electron chi connectivity index (χ3n) is 3.61. The summed E-state index contributed by atoms with van der Waals surface area (Å²) in [6.07, 6.45) is 5.56. The Labute approximate surface area is 82.0 Å². The summed E-state index contributed by atoms with van der Waals surface area (Å²) < 4.78 is 0.595. The van der Waals surface area contributed by atoms with Gasteiger partial charge in [-0.2, -0.15) is 0 Å². The molecule has 1 heterocycles. The minimum absolute atomic E-state index is 0.595. The van der Waals surface area contributed by atoms with Gasteiger partial charge in [-0.1, -0.05) is 6.42 Å². The fourth-order valence-corrected chi connectivity index (χ4v) is 3.19. The smallest absolute Gasteiger partial charge is 0.213 e. The van der Waals surface area contributed by atoms with Crippen LogP contribution in [0.3, 0.4) is 0 Å². The summed E-state index contributed by atoms with van der Waals surface area (Å²) in [5.74, 6) is 3.59. The predicted octanol–water partition coefficient (Wildman–Crippen LogP) is 2.37. The molecule has 1 aromatic rings. The lowest BCUT2D eigenvalue weighted by molar-refractivity contribution is 0.406. The van der Waals surface area contributed by atoms with E-state index in [-0.39, 0.29) is 0 Å². The van der Waals surface area contributed by atoms with Crippen LogP contribution in [0.5, 0.6) is 0 Å². The number of aromatic amines is 2. The number of rotatable bonds is 1. The average Bonchev–Trinajstić information content (AvgIpc) is 2.77. The molecule has 3 atom stereocenters. The first kappa shape index (κ1) is 7.74. The summed E-state index contributed by atoms with van der Waals surface area (Å²) in [6.45, 7) is 0. The Bertz CT molecular complexity index is 367. The van der Waals surface area contributed by atoms with Crippen LogP contribution in [0.1, 0.15) is 37.4 Å². The molecule has 0 amide bonds. The zero-order valence-corrected chi connectivity index (χ0v) is 8.23. The van der Waals surface area contributed by atoms with Gasteiger partial charge in [0.05, 0.1) is 0 Å². The number of fused-ring (bicyclic) bond motifs is 2. The normalized spacial score (nSPS) is 37.1. The zero-order chi connectivity index (χ0) is 8.84. The van der Waals surface area contributed by atoms with Crippen molar-refractivity contribution in [3.8, 4) is 0 Å². The number of hydrogen-bond acceptors (Lipinski definition) is 2. The van der Waals surface area contributed by atoms with Gasteiger partial charge in [-0.05, 0) is 43.3 Å². The monoisotopic (exact) mass is 195 g/mol. The molecule has 13 heavy (non-hydrogen) atoms. The maximum Gasteiger partial charge on any atom is 0.213 e. The van der Waals surface area contributed by atoms with Gasteiger partial charge in [0.1, 0.15) is 5.82 Å². The van der Waals surface area contributed by atoms with E-state index in [1.165, 1.54) is 25.7 Å². The van der Waals surface area contributed by atoms with Crippen LogP contribution in [0.15, 0.2) is 0 Å². The first-order chi connectivity index (χ1) is 6.33. The Morgan fingerprint density at radius 2 is 2.15 bits per heavy atom. The van der Waals surface area contributed by atoms with Crippen molar-refractivity contribution >= 4 is 12.2 Å². The minimum atomic E-state index is 0.595. The van der Waals surface area contributed by atoms with E-state index in [1.807, 2.05) is 0 Å². The van der Waals surface area contributed by atoms with Crippen LogP contribution in [-0.4, -0.2) is 15.2 Å². The Morgan fingerprint density at radius 3 is 2.69 bits per heavy atom. The van der Waals surface area contributed by atoms with Gasteiger partial charge in [-0.25, -0.2) is 4.98 Å². The standard InChI is InChI=1S/C9H13N3S/c13-9-10-8(11-12-9)7-4-5-1-2-6(7)3-5/h5-7H,1-4H2,(H2,10,11,12,13). The second kappa shape index (κ2) is 2.67. The summed E-state index contributed by atoms with van der Waals surface area (Å²) in [4.78, 5) is 4.32. The second-order valence-corrected chi connectivity index (χ2v) is 4.72. The van der Waals surface area contributed by atoms with E-state index in [9.17, 15) is 0 Å². The van der Waals surface area contributed by atoms with Crippen molar-refractivity contribution < 1.29 is 0 Å². The van der Waals surface area contributed by atoms with Crippen molar-refractivity contribution in [3.05, 3.63) is 10.6 Å². The van der Waals surface area contributed by atoms with Crippen molar-refractivity contribution in [2.24, 2.45) is 11.8 Å². The van der Waals surface area contributed by atoms with E-state index in [2.05, 4.69) is 15.2 Å². The van der Waals surface area contributed by atoms with Crippen LogP contribution < -0.4 is 0 Å². The van der Waals surface area contributed by atoms with E-state index in [4.69, 9.17) is 12.2 Å². The number of H-pyrrole nitrogens is 2. The number of nitrogens with zero attached hydrogens (tertiary/aromatic N) is 1. The van der Waals surface area contributed by atoms with Crippen LogP contribution in [0.25, 0.3) is 0 Å². The average molecular weight is 195 g/mol. The van der Waals surface area contributed by atoms with Crippen molar-refractivity contribution in [2.45, 2.75) is 31.6 Å². The minimum Gasteiger partial charge on any atom is -0.285 e. The van der Waals surface area contributed by atoms with Gasteiger partial charge in [0.25, 0.3) is 0 Å². The molecule has 2 fully saturated rings. The van der Waals surface area contributed by atoms with E-state index in [0.717, 1.165) is 17.7 Å². The molecular weight excluding hydrogens is 182 g/mol. The van der Waals surface area contributed by atoms with Crippen LogP contribution in [0.4, 0.5) is 0 Å². The molecule has 3 unspecified atom stereocenters. The molecular formula is C9H13N3S. The Morgan fingerprint density at radius 1 is 1.23 bits per heavy atom. The first-order valence-corrected chi connectivity index (χ1v) is 5.38. The summed E-state index contributed by atoms with van der Waals surface area (Å²) in [5, 5.41) is 5.98. The van der Waals surface area contributed by atoms with Gasteiger partial charge < -0.3 is 0 Å². The Balaban J connectivity index is 1.91. The second-order valence-electron chi connectivity index (χ2n) is 4.33. The molecule has 0 aliphatic heterocycles. The molecule has 3 rings (SSSR count). The summed E-state index contributed by atoms with van der Waals surface area (Å²) >= 11 is 4.96. The summed E-state index contributed by atoms with van der Waals surface area (Å²) in [5.41, 5.74) is 0. The van der Waals surface area contributed by atoms with Crippen molar-refractivity contribution in [3.63, 3.8) is 0 Å². The molecule has 0 aromatic carbocycles. The topological polar surface area (TPSA) is 44.5 Å². The number of hydrogen-bond donors (Lipinski definition) is 2. The fourth-order valence-electron chi connectivity index (χ4n) is 3.04. The molecule has 70 valence electrons. The lowest BCUT2D eigenvalue weighted by Crippen LogP contribution is -2.09. The molecule has 0 radical (unpaired) electrons. The zero-order valence-electron chi connectivity index (χ0n) is 7.42. The third kappa shape index (κ3) is 1.15. The van der Waals surface area contributed by atoms with E-state index in [1.54, 1.807) is 0 Å². The highest BCUT2D eigenvalue weighted by Gasteiger charge is 2.41. The van der Waals surface area contributed by atoms with E-state index >= 15 is 0 Å².